The van der Waals surface area contributed by atoms with Crippen LogP contribution in [0.3, 0.4) is 0 Å². The minimum Gasteiger partial charge on any atom is -0.389 e. The lowest BCUT2D eigenvalue weighted by molar-refractivity contribution is -0.123. The van der Waals surface area contributed by atoms with Gasteiger partial charge in [-0.05, 0) is 26.3 Å². The van der Waals surface area contributed by atoms with Crippen LogP contribution in [0, 0.1) is 11.3 Å². The van der Waals surface area contributed by atoms with E-state index in [1.54, 1.807) is 6.92 Å². The largest absolute Gasteiger partial charge is 0.389 e. The minimum absolute atomic E-state index is 0.0760. The molecule has 1 saturated heterocycles. The molecule has 90 valence electrons. The van der Waals surface area contributed by atoms with Gasteiger partial charge in [-0.15, -0.1) is 0 Å². The average molecular weight is 225 g/mol. The molecule has 1 heterocycles. The van der Waals surface area contributed by atoms with Crippen molar-refractivity contribution in [3.63, 3.8) is 0 Å². The highest BCUT2D eigenvalue weighted by Gasteiger charge is 2.28. The van der Waals surface area contributed by atoms with Crippen molar-refractivity contribution in [1.82, 2.24) is 10.2 Å². The van der Waals surface area contributed by atoms with Crippen molar-refractivity contribution < 1.29 is 9.90 Å². The van der Waals surface area contributed by atoms with Crippen molar-refractivity contribution in [2.45, 2.75) is 31.8 Å². The van der Waals surface area contributed by atoms with Gasteiger partial charge < -0.3 is 10.4 Å². The van der Waals surface area contributed by atoms with Gasteiger partial charge in [0.2, 0.25) is 5.91 Å². The van der Waals surface area contributed by atoms with E-state index in [0.717, 1.165) is 19.4 Å². The molecule has 5 nitrogen and oxygen atoms in total. The van der Waals surface area contributed by atoms with Crippen LogP contribution >= 0.6 is 0 Å². The van der Waals surface area contributed by atoms with Crippen molar-refractivity contribution >= 4 is 5.91 Å². The summed E-state index contributed by atoms with van der Waals surface area (Å²) < 4.78 is 0. The number of piperidine rings is 1. The van der Waals surface area contributed by atoms with Crippen LogP contribution in [0.4, 0.5) is 0 Å². The van der Waals surface area contributed by atoms with Gasteiger partial charge in [-0.3, -0.25) is 9.69 Å². The summed E-state index contributed by atoms with van der Waals surface area (Å²) >= 11 is 0. The van der Waals surface area contributed by atoms with Crippen LogP contribution in [0.15, 0.2) is 0 Å². The molecule has 5 heteroatoms. The highest BCUT2D eigenvalue weighted by molar-refractivity contribution is 5.78. The Kier molecular flexibility index (Phi) is 4.71. The predicted molar refractivity (Wildman–Crippen MR) is 59.5 cm³/mol. The zero-order valence-electron chi connectivity index (χ0n) is 9.70. The standard InChI is InChI=1S/C11H19N3O2/c1-11(16)4-2-7-14(9-11)8-10(15)13-6-3-5-12/h16H,2-4,6-9H2,1H3,(H,13,15). The summed E-state index contributed by atoms with van der Waals surface area (Å²) in [6.07, 6.45) is 2.04. The molecule has 1 unspecified atom stereocenters. The average Bonchev–Trinajstić information content (AvgIpc) is 2.16. The summed E-state index contributed by atoms with van der Waals surface area (Å²) in [5.41, 5.74) is -0.675. The summed E-state index contributed by atoms with van der Waals surface area (Å²) in [5.74, 6) is -0.0760. The van der Waals surface area contributed by atoms with Crippen molar-refractivity contribution in [3.05, 3.63) is 0 Å². The van der Waals surface area contributed by atoms with Gasteiger partial charge in [0.05, 0.1) is 24.6 Å². The van der Waals surface area contributed by atoms with Crippen LogP contribution in [0.1, 0.15) is 26.2 Å². The van der Waals surface area contributed by atoms with Gasteiger partial charge in [-0.25, -0.2) is 0 Å². The summed E-state index contributed by atoms with van der Waals surface area (Å²) in [6.45, 7) is 3.90. The molecule has 0 aromatic carbocycles. The molecule has 1 aliphatic heterocycles. The minimum atomic E-state index is -0.675. The Morgan fingerprint density at radius 2 is 2.44 bits per heavy atom. The molecule has 1 atom stereocenters. The number of likely N-dealkylation sites (tertiary alicyclic amines) is 1. The third-order valence-electron chi connectivity index (χ3n) is 2.68. The SMILES string of the molecule is CC1(O)CCCN(CC(=O)NCCC#N)C1. The van der Waals surface area contributed by atoms with Crippen LogP contribution < -0.4 is 5.32 Å². The van der Waals surface area contributed by atoms with Crippen molar-refractivity contribution in [2.75, 3.05) is 26.2 Å². The maximum Gasteiger partial charge on any atom is 0.234 e. The first-order chi connectivity index (χ1) is 7.53. The normalized spacial score (nSPS) is 26.1. The zero-order chi connectivity index (χ0) is 12.0. The van der Waals surface area contributed by atoms with E-state index >= 15 is 0 Å². The van der Waals surface area contributed by atoms with Crippen molar-refractivity contribution in [2.24, 2.45) is 0 Å². The first kappa shape index (κ1) is 12.9. The molecule has 1 rings (SSSR count). The Labute approximate surface area is 96.0 Å². The molecule has 0 saturated carbocycles. The molecular weight excluding hydrogens is 206 g/mol. The quantitative estimate of drug-likeness (QED) is 0.653. The number of hydrogen-bond acceptors (Lipinski definition) is 4. The number of aliphatic hydroxyl groups is 1. The van der Waals surface area contributed by atoms with E-state index < -0.39 is 5.60 Å². The number of carbonyl (C=O) groups is 1. The summed E-state index contributed by atoms with van der Waals surface area (Å²) in [4.78, 5) is 13.4. The number of hydrogen-bond donors (Lipinski definition) is 2. The maximum absolute atomic E-state index is 11.5. The number of nitrogens with zero attached hydrogens (tertiary/aromatic N) is 2. The third kappa shape index (κ3) is 4.60. The fourth-order valence-electron chi connectivity index (χ4n) is 1.98. The summed E-state index contributed by atoms with van der Waals surface area (Å²) in [7, 11) is 0. The second-order valence-corrected chi connectivity index (χ2v) is 4.57. The monoisotopic (exact) mass is 225 g/mol. The highest BCUT2D eigenvalue weighted by atomic mass is 16.3. The number of amides is 1. The lowest BCUT2D eigenvalue weighted by Gasteiger charge is -2.36. The number of nitrogens with one attached hydrogen (secondary N) is 1. The lowest BCUT2D eigenvalue weighted by Crippen LogP contribution is -2.49. The topological polar surface area (TPSA) is 76.4 Å². The molecule has 0 aromatic rings. The Balaban J connectivity index is 2.26. The molecule has 1 aliphatic rings. The van der Waals surface area contributed by atoms with Crippen LogP contribution in [-0.4, -0.2) is 47.7 Å². The van der Waals surface area contributed by atoms with Crippen LogP contribution in [-0.2, 0) is 4.79 Å². The Morgan fingerprint density at radius 1 is 1.69 bits per heavy atom. The molecule has 0 spiro atoms. The smallest absolute Gasteiger partial charge is 0.234 e. The van der Waals surface area contributed by atoms with Crippen molar-refractivity contribution in [1.29, 1.82) is 5.26 Å². The van der Waals surface area contributed by atoms with Gasteiger partial charge >= 0.3 is 0 Å². The molecule has 0 aliphatic carbocycles. The van der Waals surface area contributed by atoms with Crippen LogP contribution in [0.5, 0.6) is 0 Å². The van der Waals surface area contributed by atoms with Crippen LogP contribution in [0.25, 0.3) is 0 Å². The molecule has 0 bridgehead atoms. The van der Waals surface area contributed by atoms with E-state index in [0.29, 0.717) is 26.1 Å². The molecule has 16 heavy (non-hydrogen) atoms. The number of rotatable bonds is 4. The van der Waals surface area contributed by atoms with E-state index in [9.17, 15) is 9.90 Å². The van der Waals surface area contributed by atoms with E-state index in [1.807, 2.05) is 11.0 Å². The summed E-state index contributed by atoms with van der Waals surface area (Å²) in [5, 5.41) is 20.9. The zero-order valence-corrected chi connectivity index (χ0v) is 9.70. The second-order valence-electron chi connectivity index (χ2n) is 4.57. The molecule has 1 fully saturated rings. The highest BCUT2D eigenvalue weighted by Crippen LogP contribution is 2.19. The number of β-amino-alcohol motifs (C(OH)–C–C–N with tert-alkyl or cyclic N) is 1. The van der Waals surface area contributed by atoms with Gasteiger partial charge in [0.1, 0.15) is 0 Å². The van der Waals surface area contributed by atoms with E-state index in [4.69, 9.17) is 5.26 Å². The summed E-state index contributed by atoms with van der Waals surface area (Å²) in [6, 6.07) is 1.97. The number of nitriles is 1. The predicted octanol–water partition coefficient (Wildman–Crippen LogP) is -0.137. The Morgan fingerprint density at radius 3 is 3.06 bits per heavy atom. The van der Waals surface area contributed by atoms with Gasteiger partial charge in [0.15, 0.2) is 0 Å². The first-order valence-electron chi connectivity index (χ1n) is 5.62. The molecule has 0 radical (unpaired) electrons. The third-order valence-corrected chi connectivity index (χ3v) is 2.68. The van der Waals surface area contributed by atoms with Gasteiger partial charge in [-0.1, -0.05) is 0 Å². The van der Waals surface area contributed by atoms with Gasteiger partial charge in [-0.2, -0.15) is 5.26 Å². The lowest BCUT2D eigenvalue weighted by atomic mass is 9.95. The van der Waals surface area contributed by atoms with Crippen molar-refractivity contribution in [3.8, 4) is 6.07 Å². The van der Waals surface area contributed by atoms with Gasteiger partial charge in [0, 0.05) is 13.1 Å². The fraction of sp³-hybridized carbons (Fsp3) is 0.818. The van der Waals surface area contributed by atoms with Gasteiger partial charge in [0.25, 0.3) is 0 Å². The second kappa shape index (κ2) is 5.83. The maximum atomic E-state index is 11.5. The Bertz CT molecular complexity index is 283. The van der Waals surface area contributed by atoms with E-state index in [2.05, 4.69) is 5.32 Å². The fourth-order valence-corrected chi connectivity index (χ4v) is 1.98. The van der Waals surface area contributed by atoms with E-state index in [-0.39, 0.29) is 5.91 Å². The van der Waals surface area contributed by atoms with E-state index in [1.165, 1.54) is 0 Å². The molecule has 2 N–H and O–H groups in total. The van der Waals surface area contributed by atoms with Crippen LogP contribution in [0.2, 0.25) is 0 Å². The Hall–Kier alpha value is -1.12. The molecular formula is C11H19N3O2. The first-order valence-corrected chi connectivity index (χ1v) is 5.62. The molecule has 0 aromatic heterocycles. The molecule has 1 amide bonds. The number of carbonyl (C=O) groups excluding carboxylic acids is 1.